The van der Waals surface area contributed by atoms with E-state index >= 15 is 0 Å². The van der Waals surface area contributed by atoms with E-state index in [1.165, 1.54) is 10.6 Å². The van der Waals surface area contributed by atoms with Crippen molar-refractivity contribution in [1.82, 2.24) is 14.6 Å². The van der Waals surface area contributed by atoms with Gasteiger partial charge in [0, 0.05) is 23.4 Å². The van der Waals surface area contributed by atoms with Gasteiger partial charge in [0.25, 0.3) is 5.56 Å². The van der Waals surface area contributed by atoms with Crippen molar-refractivity contribution < 1.29 is 9.47 Å². The highest BCUT2D eigenvalue weighted by atomic mass is 16.5. The number of hydrogen-bond acceptors (Lipinski definition) is 4. The van der Waals surface area contributed by atoms with E-state index in [4.69, 9.17) is 14.5 Å². The second-order valence-electron chi connectivity index (χ2n) is 5.71. The molecule has 0 saturated heterocycles. The van der Waals surface area contributed by atoms with Crippen LogP contribution in [0.1, 0.15) is 24.3 Å². The molecule has 1 N–H and O–H groups in total. The molecule has 0 bridgehead atoms. The van der Waals surface area contributed by atoms with Gasteiger partial charge in [-0.3, -0.25) is 9.89 Å². The van der Waals surface area contributed by atoms with Crippen LogP contribution in [-0.4, -0.2) is 28.8 Å². The van der Waals surface area contributed by atoms with Crippen LogP contribution in [0.25, 0.3) is 16.9 Å². The van der Waals surface area contributed by atoms with E-state index in [9.17, 15) is 4.79 Å². The Morgan fingerprint density at radius 2 is 1.96 bits per heavy atom. The maximum Gasteiger partial charge on any atom is 0.273 e. The average molecular weight is 311 g/mol. The first-order valence-corrected chi connectivity index (χ1v) is 7.54. The topological polar surface area (TPSA) is 68.6 Å². The minimum atomic E-state index is -0.119. The molecule has 6 nitrogen and oxygen atoms in total. The van der Waals surface area contributed by atoms with Gasteiger partial charge in [-0.2, -0.15) is 0 Å². The lowest BCUT2D eigenvalue weighted by Crippen LogP contribution is -2.14. The first kappa shape index (κ1) is 13.9. The Morgan fingerprint density at radius 3 is 2.65 bits per heavy atom. The van der Waals surface area contributed by atoms with Crippen LogP contribution < -0.4 is 15.0 Å². The zero-order valence-corrected chi connectivity index (χ0v) is 13.0. The Bertz CT molecular complexity index is 938. The third-order valence-electron chi connectivity index (χ3n) is 4.22. The maximum absolute atomic E-state index is 12.3. The number of aromatic nitrogens is 3. The summed E-state index contributed by atoms with van der Waals surface area (Å²) in [4.78, 5) is 17.0. The summed E-state index contributed by atoms with van der Waals surface area (Å²) in [6.45, 7) is 0. The summed E-state index contributed by atoms with van der Waals surface area (Å²) in [7, 11) is 3.18. The second kappa shape index (κ2) is 5.15. The number of methoxy groups -OCH3 is 2. The van der Waals surface area contributed by atoms with E-state index in [2.05, 4.69) is 5.10 Å². The quantitative estimate of drug-likeness (QED) is 0.804. The largest absolute Gasteiger partial charge is 0.493 e. The predicted octanol–water partition coefficient (Wildman–Crippen LogP) is 2.58. The van der Waals surface area contributed by atoms with Crippen molar-refractivity contribution in [2.24, 2.45) is 0 Å². The molecule has 23 heavy (non-hydrogen) atoms. The highest BCUT2D eigenvalue weighted by Gasteiger charge is 2.27. The first-order chi connectivity index (χ1) is 11.2. The zero-order chi connectivity index (χ0) is 16.0. The highest BCUT2D eigenvalue weighted by Crippen LogP contribution is 2.41. The van der Waals surface area contributed by atoms with Crippen molar-refractivity contribution in [3.63, 3.8) is 0 Å². The molecule has 0 spiro atoms. The molecule has 0 aliphatic heterocycles. The van der Waals surface area contributed by atoms with Crippen molar-refractivity contribution in [2.75, 3.05) is 14.2 Å². The number of fused-ring (bicyclic) bond motifs is 1. The van der Waals surface area contributed by atoms with E-state index in [1.54, 1.807) is 14.2 Å². The van der Waals surface area contributed by atoms with Gasteiger partial charge in [-0.15, -0.1) is 0 Å². The number of H-pyrrole nitrogens is 1. The van der Waals surface area contributed by atoms with Crippen molar-refractivity contribution in [3.8, 4) is 22.8 Å². The van der Waals surface area contributed by atoms with Crippen molar-refractivity contribution >= 4 is 5.65 Å². The number of nitrogens with zero attached hydrogens (tertiary/aromatic N) is 2. The van der Waals surface area contributed by atoms with Crippen LogP contribution in [0.2, 0.25) is 0 Å². The van der Waals surface area contributed by atoms with Gasteiger partial charge < -0.3 is 9.47 Å². The SMILES string of the molecule is COc1ccc(-c2cc(=O)n3[nH]cc(C4CC4)c3n2)cc1OC. The summed E-state index contributed by atoms with van der Waals surface area (Å²) in [5.41, 5.74) is 3.17. The van der Waals surface area contributed by atoms with Gasteiger partial charge >= 0.3 is 0 Å². The maximum atomic E-state index is 12.3. The van der Waals surface area contributed by atoms with Crippen molar-refractivity contribution in [3.05, 3.63) is 46.4 Å². The number of rotatable bonds is 4. The molecule has 118 valence electrons. The molecule has 3 aromatic rings. The smallest absolute Gasteiger partial charge is 0.273 e. The van der Waals surface area contributed by atoms with Crippen LogP contribution in [0.4, 0.5) is 0 Å². The van der Waals surface area contributed by atoms with Gasteiger partial charge in [0.2, 0.25) is 0 Å². The molecule has 4 rings (SSSR count). The summed E-state index contributed by atoms with van der Waals surface area (Å²) in [5.74, 6) is 1.78. The number of nitrogens with one attached hydrogen (secondary N) is 1. The summed E-state index contributed by atoms with van der Waals surface area (Å²) in [6, 6.07) is 7.06. The van der Waals surface area contributed by atoms with E-state index in [-0.39, 0.29) is 5.56 Å². The van der Waals surface area contributed by atoms with Crippen molar-refractivity contribution in [2.45, 2.75) is 18.8 Å². The summed E-state index contributed by atoms with van der Waals surface area (Å²) in [5, 5.41) is 2.99. The summed E-state index contributed by atoms with van der Waals surface area (Å²) < 4.78 is 12.1. The van der Waals surface area contributed by atoms with Crippen LogP contribution in [0.3, 0.4) is 0 Å². The average Bonchev–Trinajstić information content (AvgIpc) is 3.33. The van der Waals surface area contributed by atoms with Gasteiger partial charge in [0.05, 0.1) is 19.9 Å². The molecule has 6 heteroatoms. The molecule has 0 radical (unpaired) electrons. The predicted molar refractivity (Wildman–Crippen MR) is 86.3 cm³/mol. The Kier molecular flexibility index (Phi) is 3.11. The minimum absolute atomic E-state index is 0.119. The molecular formula is C17H17N3O3. The van der Waals surface area contributed by atoms with Crippen LogP contribution in [0, 0.1) is 0 Å². The van der Waals surface area contributed by atoms with Gasteiger partial charge in [-0.25, -0.2) is 9.50 Å². The zero-order valence-electron chi connectivity index (χ0n) is 13.0. The van der Waals surface area contributed by atoms with Gasteiger partial charge in [-0.05, 0) is 37.0 Å². The number of hydrogen-bond donors (Lipinski definition) is 1. The van der Waals surface area contributed by atoms with Gasteiger partial charge in [0.1, 0.15) is 0 Å². The monoisotopic (exact) mass is 311 g/mol. The molecule has 1 saturated carbocycles. The highest BCUT2D eigenvalue weighted by molar-refractivity contribution is 5.66. The molecule has 0 unspecified atom stereocenters. The summed E-state index contributed by atoms with van der Waals surface area (Å²) in [6.07, 6.45) is 4.20. The Hall–Kier alpha value is -2.76. The molecule has 1 fully saturated rings. The minimum Gasteiger partial charge on any atom is -0.493 e. The van der Waals surface area contributed by atoms with Gasteiger partial charge in [0.15, 0.2) is 17.1 Å². The van der Waals surface area contributed by atoms with Crippen molar-refractivity contribution in [1.29, 1.82) is 0 Å². The molecule has 1 aliphatic rings. The normalized spacial score (nSPS) is 14.2. The molecule has 2 heterocycles. The van der Waals surface area contributed by atoms with E-state index < -0.39 is 0 Å². The lowest BCUT2D eigenvalue weighted by atomic mass is 10.1. The third-order valence-corrected chi connectivity index (χ3v) is 4.22. The van der Waals surface area contributed by atoms with Crippen LogP contribution in [0.5, 0.6) is 11.5 Å². The molecule has 1 aromatic carbocycles. The third kappa shape index (κ3) is 2.27. The van der Waals surface area contributed by atoms with E-state index in [0.29, 0.717) is 28.8 Å². The Labute approximate surface area is 132 Å². The number of aromatic amines is 1. The second-order valence-corrected chi connectivity index (χ2v) is 5.71. The number of benzene rings is 1. The fourth-order valence-corrected chi connectivity index (χ4v) is 2.84. The molecule has 2 aromatic heterocycles. The molecule has 0 atom stereocenters. The number of ether oxygens (including phenoxy) is 2. The Morgan fingerprint density at radius 1 is 1.17 bits per heavy atom. The van der Waals surface area contributed by atoms with Crippen LogP contribution in [0.15, 0.2) is 35.3 Å². The standard InChI is InChI=1S/C17H17N3O3/c1-22-14-6-5-11(7-15(14)23-2)13-8-16(21)20-17(19-13)12(9-18-20)10-3-4-10/h5-10,18H,3-4H2,1-2H3. The lowest BCUT2D eigenvalue weighted by molar-refractivity contribution is 0.355. The molecular weight excluding hydrogens is 294 g/mol. The first-order valence-electron chi connectivity index (χ1n) is 7.54. The lowest BCUT2D eigenvalue weighted by Gasteiger charge is -2.09. The van der Waals surface area contributed by atoms with Crippen LogP contribution in [-0.2, 0) is 0 Å². The van der Waals surface area contributed by atoms with E-state index in [1.807, 2.05) is 24.4 Å². The van der Waals surface area contributed by atoms with E-state index in [0.717, 1.165) is 24.0 Å². The fourth-order valence-electron chi connectivity index (χ4n) is 2.84. The molecule has 1 aliphatic carbocycles. The van der Waals surface area contributed by atoms with Crippen LogP contribution >= 0.6 is 0 Å². The Balaban J connectivity index is 1.88. The molecule has 0 amide bonds. The summed E-state index contributed by atoms with van der Waals surface area (Å²) >= 11 is 0. The fraction of sp³-hybridized carbons (Fsp3) is 0.294. The van der Waals surface area contributed by atoms with Gasteiger partial charge in [-0.1, -0.05) is 0 Å².